The van der Waals surface area contributed by atoms with Gasteiger partial charge in [-0.3, -0.25) is 4.98 Å². The third-order valence-electron chi connectivity index (χ3n) is 7.37. The summed E-state index contributed by atoms with van der Waals surface area (Å²) < 4.78 is 1.83. The fourth-order valence-electron chi connectivity index (χ4n) is 5.30. The Labute approximate surface area is 248 Å². The van der Waals surface area contributed by atoms with Gasteiger partial charge in [-0.2, -0.15) is 0 Å². The summed E-state index contributed by atoms with van der Waals surface area (Å²) >= 11 is 12.0. The van der Waals surface area contributed by atoms with Gasteiger partial charge in [0.1, 0.15) is 0 Å². The van der Waals surface area contributed by atoms with Crippen molar-refractivity contribution in [3.05, 3.63) is 98.3 Å². The summed E-state index contributed by atoms with van der Waals surface area (Å²) in [5.74, 6) is -1.27. The number of carboxylic acid groups (broad SMARTS) is 1. The molecule has 2 aliphatic rings. The molecular weight excluding hydrogens is 616 g/mol. The molecule has 1 aromatic heterocycles. The first kappa shape index (κ1) is 28.4. The third kappa shape index (κ3) is 5.81. The molecule has 1 amide bonds. The maximum absolute atomic E-state index is 13.4. The van der Waals surface area contributed by atoms with Crippen LogP contribution in [0.25, 0.3) is 0 Å². The predicted octanol–water partition coefficient (Wildman–Crippen LogP) is 5.00. The van der Waals surface area contributed by atoms with Crippen molar-refractivity contribution in [3.63, 3.8) is 0 Å². The number of halogens is 2. The van der Waals surface area contributed by atoms with Crippen LogP contribution in [0.4, 0.5) is 5.69 Å². The van der Waals surface area contributed by atoms with E-state index in [9.17, 15) is 19.5 Å². The van der Waals surface area contributed by atoms with Crippen LogP contribution in [0.3, 0.4) is 0 Å². The summed E-state index contributed by atoms with van der Waals surface area (Å²) in [6.45, 7) is 0. The summed E-state index contributed by atoms with van der Waals surface area (Å²) in [6, 6.07) is 15.9. The number of hydrogen-bond donors (Lipinski definition) is 3. The topological polar surface area (TPSA) is 108 Å². The summed E-state index contributed by atoms with van der Waals surface area (Å²) in [7, 11) is 0. The van der Waals surface area contributed by atoms with Crippen LogP contribution in [0.15, 0.2) is 77.2 Å². The first-order valence-corrected chi connectivity index (χ1v) is 15.5. The van der Waals surface area contributed by atoms with Crippen molar-refractivity contribution in [3.8, 4) is 0 Å². The molecule has 40 heavy (non-hydrogen) atoms. The molecule has 0 bridgehead atoms. The van der Waals surface area contributed by atoms with Crippen molar-refractivity contribution >= 4 is 66.0 Å². The minimum atomic E-state index is -0.983. The minimum Gasteiger partial charge on any atom is -0.262 e. The van der Waals surface area contributed by atoms with Gasteiger partial charge in [-0.25, -0.2) is 0 Å². The van der Waals surface area contributed by atoms with Crippen LogP contribution in [-0.4, -0.2) is 48.7 Å². The van der Waals surface area contributed by atoms with Crippen LogP contribution in [0.1, 0.15) is 48.0 Å². The average molecular weight is 643 g/mol. The second-order valence-corrected chi connectivity index (χ2v) is 13.0. The van der Waals surface area contributed by atoms with Crippen molar-refractivity contribution in [2.24, 2.45) is 5.41 Å². The SMILES string of the molecule is O=C(Nc1ccc(C[C@H](NC2=C([Se]c3ccccc3)C(=O)C23CCCCC3)C(=O)O)cc1)c1c(Cl)cncc1Cl. The number of carbonyl (C=O) groups excluding carboxylic acids is 2. The zero-order valence-corrected chi connectivity index (χ0v) is 24.7. The zero-order valence-electron chi connectivity index (χ0n) is 21.5. The molecule has 0 unspecified atom stereocenters. The second-order valence-electron chi connectivity index (χ2n) is 9.96. The Hall–Kier alpha value is -3.16. The molecule has 0 saturated heterocycles. The molecule has 1 saturated carbocycles. The number of nitrogens with zero attached hydrogens (tertiary/aromatic N) is 1. The molecule has 1 heterocycles. The van der Waals surface area contributed by atoms with E-state index in [0.717, 1.165) is 52.3 Å². The molecule has 3 N–H and O–H groups in total. The second kappa shape index (κ2) is 12.1. The van der Waals surface area contributed by atoms with Crippen LogP contribution in [0.5, 0.6) is 0 Å². The molecule has 2 aliphatic carbocycles. The number of pyridine rings is 1. The van der Waals surface area contributed by atoms with Gasteiger partial charge in [0, 0.05) is 12.4 Å². The van der Waals surface area contributed by atoms with Crippen LogP contribution in [0, 0.1) is 5.41 Å². The summed E-state index contributed by atoms with van der Waals surface area (Å²) in [5, 5.41) is 16.5. The minimum absolute atomic E-state index is 0.130. The van der Waals surface area contributed by atoms with Gasteiger partial charge in [-0.1, -0.05) is 23.2 Å². The van der Waals surface area contributed by atoms with Gasteiger partial charge in [0.2, 0.25) is 0 Å². The number of aliphatic carboxylic acids is 1. The van der Waals surface area contributed by atoms with E-state index in [2.05, 4.69) is 15.6 Å². The fraction of sp³-hybridized carbons (Fsp3) is 0.267. The molecule has 5 rings (SSSR count). The van der Waals surface area contributed by atoms with E-state index < -0.39 is 23.3 Å². The van der Waals surface area contributed by atoms with E-state index in [1.54, 1.807) is 24.3 Å². The molecule has 3 aromatic rings. The van der Waals surface area contributed by atoms with Crippen molar-refractivity contribution in [2.45, 2.75) is 44.6 Å². The van der Waals surface area contributed by atoms with E-state index in [-0.39, 0.29) is 42.8 Å². The number of anilines is 1. The Morgan fingerprint density at radius 3 is 2.25 bits per heavy atom. The van der Waals surface area contributed by atoms with Gasteiger partial charge in [-0.05, 0) is 0 Å². The van der Waals surface area contributed by atoms with Crippen molar-refractivity contribution in [2.75, 3.05) is 5.32 Å². The standard InChI is InChI=1S/C30H27Cl2N3O4Se/c31-21-16-33-17-22(32)24(21)28(37)34-19-11-9-18(10-12-19)15-23(29(38)39)35-26-25(40-20-7-3-1-4-8-20)27(36)30(26)13-5-2-6-14-30/h1,3-4,7-12,16-17,23,35H,2,5-6,13-15H2,(H,34,37)(H,38,39)/t23-/m0/s1. The number of nitrogens with one attached hydrogen (secondary N) is 2. The molecule has 0 aliphatic heterocycles. The number of carbonyl (C=O) groups is 3. The van der Waals surface area contributed by atoms with E-state index in [4.69, 9.17) is 23.2 Å². The number of rotatable bonds is 9. The Morgan fingerprint density at radius 2 is 1.62 bits per heavy atom. The normalized spacial score (nSPS) is 16.8. The summed E-state index contributed by atoms with van der Waals surface area (Å²) in [5.41, 5.74) is 1.66. The van der Waals surface area contributed by atoms with Gasteiger partial charge in [0.25, 0.3) is 0 Å². The number of amides is 1. The van der Waals surface area contributed by atoms with Crippen molar-refractivity contribution in [1.82, 2.24) is 10.3 Å². The number of carboxylic acids is 1. The number of allylic oxidation sites excluding steroid dienone is 2. The van der Waals surface area contributed by atoms with Gasteiger partial charge in [0.15, 0.2) is 0 Å². The average Bonchev–Trinajstić information content (AvgIpc) is 2.96. The van der Waals surface area contributed by atoms with E-state index >= 15 is 0 Å². The number of hydrogen-bond acceptors (Lipinski definition) is 5. The van der Waals surface area contributed by atoms with E-state index in [0.29, 0.717) is 5.69 Å². The van der Waals surface area contributed by atoms with E-state index in [1.165, 1.54) is 12.4 Å². The Balaban J connectivity index is 1.33. The van der Waals surface area contributed by atoms with Gasteiger partial charge in [0.05, 0.1) is 10.0 Å². The smallest absolute Gasteiger partial charge is 0.262 e. The fourth-order valence-corrected chi connectivity index (χ4v) is 8.29. The van der Waals surface area contributed by atoms with Crippen LogP contribution in [-0.2, 0) is 16.0 Å². The molecular formula is C30H27Cl2N3O4Se. The summed E-state index contributed by atoms with van der Waals surface area (Å²) in [6.07, 6.45) is 7.44. The van der Waals surface area contributed by atoms with Gasteiger partial charge >= 0.3 is 199 Å². The molecule has 1 atom stereocenters. The molecule has 1 fully saturated rings. The third-order valence-corrected chi connectivity index (χ3v) is 10.2. The first-order chi connectivity index (χ1) is 19.3. The predicted molar refractivity (Wildman–Crippen MR) is 156 cm³/mol. The maximum atomic E-state index is 13.4. The number of benzene rings is 2. The number of ketones is 1. The quantitative estimate of drug-likeness (QED) is 0.284. The van der Waals surface area contributed by atoms with Gasteiger partial charge in [-0.15, -0.1) is 0 Å². The zero-order chi connectivity index (χ0) is 28.3. The molecule has 206 valence electrons. The molecule has 7 nitrogen and oxygen atoms in total. The van der Waals surface area contributed by atoms with Crippen LogP contribution < -0.4 is 15.1 Å². The molecule has 0 radical (unpaired) electrons. The Bertz CT molecular complexity index is 1450. The Morgan fingerprint density at radius 1 is 0.975 bits per heavy atom. The first-order valence-electron chi connectivity index (χ1n) is 13.0. The van der Waals surface area contributed by atoms with E-state index in [1.807, 2.05) is 30.3 Å². The summed E-state index contributed by atoms with van der Waals surface area (Å²) in [4.78, 5) is 42.4. The van der Waals surface area contributed by atoms with Crippen molar-refractivity contribution in [1.29, 1.82) is 0 Å². The van der Waals surface area contributed by atoms with Crippen molar-refractivity contribution < 1.29 is 19.5 Å². The molecule has 2 aromatic carbocycles. The Kier molecular flexibility index (Phi) is 8.62. The number of aromatic nitrogens is 1. The monoisotopic (exact) mass is 643 g/mol. The van der Waals surface area contributed by atoms with Gasteiger partial charge < -0.3 is 0 Å². The number of Topliss-reactive ketones (excluding diaryl/α,β-unsaturated/α-hetero) is 1. The van der Waals surface area contributed by atoms with Crippen LogP contribution >= 0.6 is 23.2 Å². The molecule has 10 heteroatoms. The van der Waals surface area contributed by atoms with Crippen LogP contribution in [0.2, 0.25) is 10.0 Å². The molecule has 1 spiro atoms.